The number of cyclic esters (lactones) is 2. The van der Waals surface area contributed by atoms with Gasteiger partial charge in [0.25, 0.3) is 0 Å². The van der Waals surface area contributed by atoms with Gasteiger partial charge in [0.1, 0.15) is 0 Å². The lowest BCUT2D eigenvalue weighted by Gasteiger charge is -1.92. The van der Waals surface area contributed by atoms with E-state index in [0.717, 1.165) is 12.8 Å². The summed E-state index contributed by atoms with van der Waals surface area (Å²) in [6, 6.07) is 0. The van der Waals surface area contributed by atoms with Gasteiger partial charge in [0.2, 0.25) is 0 Å². The zero-order valence-corrected chi connectivity index (χ0v) is 10.6. The summed E-state index contributed by atoms with van der Waals surface area (Å²) >= 11 is 0. The van der Waals surface area contributed by atoms with E-state index in [1.807, 2.05) is 0 Å². The third-order valence-electron chi connectivity index (χ3n) is 2.27. The number of esters is 2. The molecule has 0 atom stereocenters. The second-order valence-corrected chi connectivity index (χ2v) is 4.05. The highest BCUT2D eigenvalue weighted by molar-refractivity contribution is 5.86. The molecule has 1 rings (SSSR count). The summed E-state index contributed by atoms with van der Waals surface area (Å²) in [6.45, 7) is 0. The molecule has 0 saturated carbocycles. The maximum absolute atomic E-state index is 10.5. The molecule has 0 aromatic rings. The highest BCUT2D eigenvalue weighted by Gasteiger charge is 2.13. The predicted octanol–water partition coefficient (Wildman–Crippen LogP) is 1.35. The number of carboxylic acid groups (broad SMARTS) is 2. The molecular formula is C12H18O7. The zero-order chi connectivity index (χ0) is 14.7. The fourth-order valence-corrected chi connectivity index (χ4v) is 1.32. The van der Waals surface area contributed by atoms with Crippen LogP contribution in [0.4, 0.5) is 0 Å². The van der Waals surface area contributed by atoms with Crippen LogP contribution in [0, 0.1) is 0 Å². The zero-order valence-electron chi connectivity index (χ0n) is 10.6. The van der Waals surface area contributed by atoms with Crippen molar-refractivity contribution >= 4 is 23.9 Å². The van der Waals surface area contributed by atoms with Crippen LogP contribution >= 0.6 is 0 Å². The molecule has 1 heterocycles. The molecule has 0 spiro atoms. The van der Waals surface area contributed by atoms with Crippen molar-refractivity contribution in [3.8, 4) is 0 Å². The van der Waals surface area contributed by atoms with E-state index in [2.05, 4.69) is 4.74 Å². The molecular weight excluding hydrogens is 256 g/mol. The van der Waals surface area contributed by atoms with Crippen LogP contribution in [0.15, 0.2) is 0 Å². The summed E-state index contributed by atoms with van der Waals surface area (Å²) in [4.78, 5) is 40.7. The van der Waals surface area contributed by atoms with E-state index in [9.17, 15) is 19.2 Å². The van der Waals surface area contributed by atoms with Gasteiger partial charge in [-0.05, 0) is 25.7 Å². The Kier molecular flexibility index (Phi) is 9.03. The summed E-state index contributed by atoms with van der Waals surface area (Å²) in [5.41, 5.74) is 0. The molecule has 108 valence electrons. The van der Waals surface area contributed by atoms with Gasteiger partial charge in [-0.25, -0.2) is 0 Å². The van der Waals surface area contributed by atoms with Gasteiger partial charge in [-0.3, -0.25) is 19.2 Å². The molecule has 19 heavy (non-hydrogen) atoms. The van der Waals surface area contributed by atoms with Gasteiger partial charge < -0.3 is 14.9 Å². The first-order valence-corrected chi connectivity index (χ1v) is 6.09. The van der Waals surface area contributed by atoms with Crippen LogP contribution in [0.5, 0.6) is 0 Å². The third-order valence-corrected chi connectivity index (χ3v) is 2.27. The molecule has 1 saturated heterocycles. The first kappa shape index (κ1) is 17.1. The summed E-state index contributed by atoms with van der Waals surface area (Å²) in [6.07, 6.45) is 3.37. The molecule has 0 amide bonds. The van der Waals surface area contributed by atoms with Crippen molar-refractivity contribution in [2.24, 2.45) is 0 Å². The van der Waals surface area contributed by atoms with Crippen molar-refractivity contribution in [2.75, 3.05) is 0 Å². The van der Waals surface area contributed by atoms with Crippen LogP contribution in [-0.4, -0.2) is 34.1 Å². The fraction of sp³-hybridized carbons (Fsp3) is 0.667. The molecule has 7 heteroatoms. The lowest BCUT2D eigenvalue weighted by atomic mass is 10.2. The number of carboxylic acids is 2. The van der Waals surface area contributed by atoms with Crippen LogP contribution in [0.3, 0.4) is 0 Å². The molecule has 7 nitrogen and oxygen atoms in total. The quantitative estimate of drug-likeness (QED) is 0.441. The Morgan fingerprint density at radius 3 is 1.58 bits per heavy atom. The van der Waals surface area contributed by atoms with Crippen molar-refractivity contribution in [2.45, 2.75) is 51.4 Å². The van der Waals surface area contributed by atoms with Crippen LogP contribution in [0.1, 0.15) is 51.4 Å². The van der Waals surface area contributed by atoms with Gasteiger partial charge in [-0.1, -0.05) is 0 Å². The van der Waals surface area contributed by atoms with Crippen molar-refractivity contribution in [1.29, 1.82) is 0 Å². The van der Waals surface area contributed by atoms with Gasteiger partial charge in [-0.15, -0.1) is 0 Å². The first-order valence-electron chi connectivity index (χ1n) is 6.09. The number of hydrogen-bond acceptors (Lipinski definition) is 5. The number of carbonyl (C=O) groups is 4. The van der Waals surface area contributed by atoms with Gasteiger partial charge in [0.05, 0.1) is 0 Å². The highest BCUT2D eigenvalue weighted by Crippen LogP contribution is 2.07. The first-order chi connectivity index (χ1) is 8.91. The summed E-state index contributed by atoms with van der Waals surface area (Å²) in [5.74, 6) is -2.49. The van der Waals surface area contributed by atoms with E-state index in [0.29, 0.717) is 25.7 Å². The number of hydrogen-bond donors (Lipinski definition) is 2. The summed E-state index contributed by atoms with van der Waals surface area (Å²) in [7, 11) is 0. The van der Waals surface area contributed by atoms with Crippen LogP contribution in [0.25, 0.3) is 0 Å². The highest BCUT2D eigenvalue weighted by atomic mass is 16.6. The number of carbonyl (C=O) groups excluding carboxylic acids is 2. The predicted molar refractivity (Wildman–Crippen MR) is 63.3 cm³/mol. The Morgan fingerprint density at radius 2 is 1.26 bits per heavy atom. The lowest BCUT2D eigenvalue weighted by molar-refractivity contribution is -0.158. The maximum Gasteiger partial charge on any atom is 0.313 e. The molecule has 0 unspecified atom stereocenters. The van der Waals surface area contributed by atoms with Crippen LogP contribution in [-0.2, 0) is 23.9 Å². The van der Waals surface area contributed by atoms with Crippen molar-refractivity contribution in [1.82, 2.24) is 0 Å². The van der Waals surface area contributed by atoms with E-state index in [1.54, 1.807) is 0 Å². The Hall–Kier alpha value is -1.92. The van der Waals surface area contributed by atoms with Gasteiger partial charge in [-0.2, -0.15) is 0 Å². The van der Waals surface area contributed by atoms with Gasteiger partial charge in [0, 0.05) is 25.7 Å². The lowest BCUT2D eigenvalue weighted by Crippen LogP contribution is -2.07. The Labute approximate surface area is 110 Å². The molecule has 0 radical (unpaired) electrons. The smallest absolute Gasteiger partial charge is 0.313 e. The Balaban J connectivity index is 0.000000342. The second kappa shape index (κ2) is 10.0. The van der Waals surface area contributed by atoms with Crippen molar-refractivity contribution < 1.29 is 34.1 Å². The van der Waals surface area contributed by atoms with Gasteiger partial charge >= 0.3 is 23.9 Å². The summed E-state index contributed by atoms with van der Waals surface area (Å²) < 4.78 is 4.33. The van der Waals surface area contributed by atoms with Gasteiger partial charge in [0.15, 0.2) is 0 Å². The van der Waals surface area contributed by atoms with E-state index >= 15 is 0 Å². The minimum atomic E-state index is -0.870. The minimum Gasteiger partial charge on any atom is -0.481 e. The number of aliphatic carboxylic acids is 2. The van der Waals surface area contributed by atoms with Crippen molar-refractivity contribution in [3.63, 3.8) is 0 Å². The third kappa shape index (κ3) is 12.3. The number of unbranched alkanes of at least 4 members (excludes halogenated alkanes) is 1. The summed E-state index contributed by atoms with van der Waals surface area (Å²) in [5, 5.41) is 16.3. The Morgan fingerprint density at radius 1 is 0.895 bits per heavy atom. The molecule has 1 aliphatic rings. The van der Waals surface area contributed by atoms with E-state index in [4.69, 9.17) is 10.2 Å². The van der Waals surface area contributed by atoms with Crippen LogP contribution in [0.2, 0.25) is 0 Å². The van der Waals surface area contributed by atoms with Crippen LogP contribution < -0.4 is 0 Å². The normalized spacial score (nSPS) is 14.7. The average molecular weight is 274 g/mol. The SMILES string of the molecule is O=C(O)CCCCC(=O)O.O=C1CCCCC(=O)O1. The van der Waals surface area contributed by atoms with E-state index in [1.165, 1.54) is 0 Å². The molecule has 0 aliphatic carbocycles. The molecule has 1 aliphatic heterocycles. The maximum atomic E-state index is 10.5. The molecule has 1 fully saturated rings. The largest absolute Gasteiger partial charge is 0.481 e. The average Bonchev–Trinajstić information content (AvgIpc) is 2.48. The molecule has 2 N–H and O–H groups in total. The topological polar surface area (TPSA) is 118 Å². The van der Waals surface area contributed by atoms with E-state index in [-0.39, 0.29) is 24.8 Å². The fourth-order valence-electron chi connectivity index (χ4n) is 1.32. The van der Waals surface area contributed by atoms with Crippen molar-refractivity contribution in [3.05, 3.63) is 0 Å². The molecule has 0 bridgehead atoms. The second-order valence-electron chi connectivity index (χ2n) is 4.05. The monoisotopic (exact) mass is 274 g/mol. The molecule has 0 aromatic heterocycles. The number of ether oxygens (including phenoxy) is 1. The minimum absolute atomic E-state index is 0.0628. The van der Waals surface area contributed by atoms with E-state index < -0.39 is 11.9 Å². The standard InChI is InChI=1S/C6H10O4.C6H8O3/c7-5(8)3-1-2-4-6(9)10;7-5-3-1-2-4-6(8)9-5/h1-4H2,(H,7,8)(H,9,10);1-4H2. The number of rotatable bonds is 5. The molecule has 0 aromatic carbocycles. The Bertz CT molecular complexity index is 303.